The second-order valence-electron chi connectivity index (χ2n) is 6.87. The third-order valence-electron chi connectivity index (χ3n) is 4.97. The first-order valence-corrected chi connectivity index (χ1v) is 9.83. The molecule has 2 aliphatic heterocycles. The molecule has 2 aromatic carbocycles. The molecule has 3 aromatic rings. The molecule has 0 aliphatic carbocycles. The molecule has 0 amide bonds. The molecule has 0 fully saturated rings. The summed E-state index contributed by atoms with van der Waals surface area (Å²) in [6.45, 7) is 4.41. The van der Waals surface area contributed by atoms with Crippen molar-refractivity contribution < 1.29 is 9.47 Å². The number of aromatic nitrogens is 1. The predicted octanol–water partition coefficient (Wildman–Crippen LogP) is 4.80. The molecule has 3 heterocycles. The minimum atomic E-state index is 0.301. The Bertz CT molecular complexity index is 966. The Kier molecular flexibility index (Phi) is 3.82. The lowest BCUT2D eigenvalue weighted by Crippen LogP contribution is -2.28. The Morgan fingerprint density at radius 1 is 1.12 bits per heavy atom. The molecule has 0 unspecified atom stereocenters. The third kappa shape index (κ3) is 2.82. The van der Waals surface area contributed by atoms with Crippen LogP contribution in [-0.2, 0) is 13.0 Å². The van der Waals surface area contributed by atoms with Crippen LogP contribution in [0.3, 0.4) is 0 Å². The third-order valence-corrected chi connectivity index (χ3v) is 5.91. The van der Waals surface area contributed by atoms with Crippen molar-refractivity contribution in [2.24, 2.45) is 0 Å². The average Bonchev–Trinajstić information content (AvgIpc) is 3.30. The average molecular weight is 364 g/mol. The van der Waals surface area contributed by atoms with Crippen molar-refractivity contribution in [1.29, 1.82) is 0 Å². The van der Waals surface area contributed by atoms with Gasteiger partial charge in [0.05, 0.1) is 12.2 Å². The molecule has 5 rings (SSSR count). The van der Waals surface area contributed by atoms with Crippen molar-refractivity contribution in [3.8, 4) is 22.1 Å². The van der Waals surface area contributed by atoms with Gasteiger partial charge in [0.25, 0.3) is 0 Å². The van der Waals surface area contributed by atoms with Gasteiger partial charge >= 0.3 is 0 Å². The van der Waals surface area contributed by atoms with Crippen LogP contribution in [0.4, 0.5) is 5.69 Å². The summed E-state index contributed by atoms with van der Waals surface area (Å²) in [6, 6.07) is 12.8. The van der Waals surface area contributed by atoms with Gasteiger partial charge in [-0.15, -0.1) is 11.3 Å². The lowest BCUT2D eigenvalue weighted by molar-refractivity contribution is 0.174. The smallest absolute Gasteiger partial charge is 0.231 e. The first-order valence-electron chi connectivity index (χ1n) is 8.95. The number of anilines is 1. The first kappa shape index (κ1) is 15.7. The molecule has 0 N–H and O–H groups in total. The zero-order valence-corrected chi connectivity index (χ0v) is 15.5. The Labute approximate surface area is 157 Å². The summed E-state index contributed by atoms with van der Waals surface area (Å²) in [5, 5.41) is 3.20. The van der Waals surface area contributed by atoms with Gasteiger partial charge in [-0.25, -0.2) is 4.98 Å². The van der Waals surface area contributed by atoms with E-state index in [1.807, 2.05) is 12.1 Å². The number of nitrogens with zero attached hydrogens (tertiary/aromatic N) is 2. The van der Waals surface area contributed by atoms with Crippen LogP contribution in [0.15, 0.2) is 41.8 Å². The van der Waals surface area contributed by atoms with Crippen molar-refractivity contribution in [2.45, 2.75) is 26.3 Å². The summed E-state index contributed by atoms with van der Waals surface area (Å²) in [5.41, 5.74) is 6.36. The van der Waals surface area contributed by atoms with Crippen LogP contribution in [0.2, 0.25) is 0 Å². The quantitative estimate of drug-likeness (QED) is 0.669. The number of thiazole rings is 1. The molecule has 0 bridgehead atoms. The van der Waals surface area contributed by atoms with Crippen molar-refractivity contribution >= 4 is 17.0 Å². The maximum Gasteiger partial charge on any atom is 0.231 e. The fourth-order valence-corrected chi connectivity index (χ4v) is 4.51. The highest BCUT2D eigenvalue weighted by molar-refractivity contribution is 7.13. The highest BCUT2D eigenvalue weighted by atomic mass is 32.1. The van der Waals surface area contributed by atoms with Gasteiger partial charge in [-0.2, -0.15) is 0 Å². The minimum Gasteiger partial charge on any atom is -0.454 e. The molecular formula is C21H20N2O2S. The van der Waals surface area contributed by atoms with Crippen molar-refractivity contribution in [3.05, 3.63) is 58.6 Å². The van der Waals surface area contributed by atoms with Crippen molar-refractivity contribution in [2.75, 3.05) is 18.2 Å². The minimum absolute atomic E-state index is 0.301. The molecule has 132 valence electrons. The van der Waals surface area contributed by atoms with Crippen LogP contribution in [0.25, 0.3) is 10.6 Å². The number of ether oxygens (including phenoxy) is 2. The van der Waals surface area contributed by atoms with Crippen LogP contribution in [0.5, 0.6) is 11.5 Å². The van der Waals surface area contributed by atoms with Crippen LogP contribution in [-0.4, -0.2) is 18.3 Å². The summed E-state index contributed by atoms with van der Waals surface area (Å²) < 4.78 is 10.9. The molecule has 0 saturated heterocycles. The van der Waals surface area contributed by atoms with Gasteiger partial charge in [-0.05, 0) is 49.6 Å². The number of benzene rings is 2. The summed E-state index contributed by atoms with van der Waals surface area (Å²) in [6.07, 6.45) is 2.38. The number of fused-ring (bicyclic) bond motifs is 2. The number of hydrogen-bond acceptors (Lipinski definition) is 5. The molecular weight excluding hydrogens is 344 g/mol. The van der Waals surface area contributed by atoms with Gasteiger partial charge in [0.1, 0.15) is 5.01 Å². The van der Waals surface area contributed by atoms with E-state index in [0.29, 0.717) is 6.79 Å². The Balaban J connectivity index is 1.39. The molecule has 4 nitrogen and oxygen atoms in total. The SMILES string of the molecule is Cc1ccc2c(c1)CCCN2Cc1csc(-c2ccc3c(c2)OCO3)n1. The number of hydrogen-bond donors (Lipinski definition) is 0. The number of rotatable bonds is 3. The van der Waals surface area contributed by atoms with Gasteiger partial charge in [-0.3, -0.25) is 0 Å². The molecule has 0 radical (unpaired) electrons. The van der Waals surface area contributed by atoms with E-state index in [4.69, 9.17) is 14.5 Å². The maximum atomic E-state index is 5.48. The van der Waals surface area contributed by atoms with Gasteiger partial charge in [0.15, 0.2) is 11.5 Å². The monoisotopic (exact) mass is 364 g/mol. The zero-order chi connectivity index (χ0) is 17.5. The molecule has 0 spiro atoms. The first-order chi connectivity index (χ1) is 12.8. The summed E-state index contributed by atoms with van der Waals surface area (Å²) in [5.74, 6) is 1.62. The molecule has 0 atom stereocenters. The molecule has 5 heteroatoms. The van der Waals surface area contributed by atoms with Crippen LogP contribution >= 0.6 is 11.3 Å². The summed E-state index contributed by atoms with van der Waals surface area (Å²) >= 11 is 1.69. The zero-order valence-electron chi connectivity index (χ0n) is 14.7. The summed E-state index contributed by atoms with van der Waals surface area (Å²) in [4.78, 5) is 7.33. The van der Waals surface area contributed by atoms with Crippen LogP contribution < -0.4 is 14.4 Å². The largest absolute Gasteiger partial charge is 0.454 e. The Hall–Kier alpha value is -2.53. The van der Waals surface area contributed by atoms with Gasteiger partial charge in [0.2, 0.25) is 6.79 Å². The lowest BCUT2D eigenvalue weighted by atomic mass is 9.99. The van der Waals surface area contributed by atoms with Crippen molar-refractivity contribution in [1.82, 2.24) is 4.98 Å². The number of aryl methyl sites for hydroxylation is 2. The molecule has 1 aromatic heterocycles. The van der Waals surface area contributed by atoms with E-state index in [1.165, 1.54) is 29.7 Å². The second-order valence-corrected chi connectivity index (χ2v) is 7.73. The fourth-order valence-electron chi connectivity index (χ4n) is 3.71. The van der Waals surface area contributed by atoms with Crippen LogP contribution in [0, 0.1) is 6.92 Å². The van der Waals surface area contributed by atoms with E-state index in [0.717, 1.165) is 40.9 Å². The Morgan fingerprint density at radius 3 is 3.00 bits per heavy atom. The van der Waals surface area contributed by atoms with E-state index in [-0.39, 0.29) is 0 Å². The van der Waals surface area contributed by atoms with E-state index < -0.39 is 0 Å². The predicted molar refractivity (Wildman–Crippen MR) is 104 cm³/mol. The van der Waals surface area contributed by atoms with E-state index in [9.17, 15) is 0 Å². The molecule has 0 saturated carbocycles. The van der Waals surface area contributed by atoms with Gasteiger partial charge < -0.3 is 14.4 Å². The lowest BCUT2D eigenvalue weighted by Gasteiger charge is -2.31. The molecule has 2 aliphatic rings. The van der Waals surface area contributed by atoms with Gasteiger partial charge in [-0.1, -0.05) is 17.7 Å². The van der Waals surface area contributed by atoms with E-state index in [2.05, 4.69) is 41.5 Å². The van der Waals surface area contributed by atoms with Gasteiger partial charge in [0, 0.05) is 23.2 Å². The maximum absolute atomic E-state index is 5.48. The standard InChI is InChI=1S/C21H20N2O2S/c1-14-4-6-18-15(9-14)3-2-8-23(18)11-17-12-26-21(22-17)16-5-7-19-20(10-16)25-13-24-19/h4-7,9-10,12H,2-3,8,11,13H2,1H3. The molecule has 26 heavy (non-hydrogen) atoms. The van der Waals surface area contributed by atoms with E-state index >= 15 is 0 Å². The van der Waals surface area contributed by atoms with E-state index in [1.54, 1.807) is 11.3 Å². The highest BCUT2D eigenvalue weighted by Gasteiger charge is 2.19. The fraction of sp³-hybridized carbons (Fsp3) is 0.286. The van der Waals surface area contributed by atoms with Crippen molar-refractivity contribution in [3.63, 3.8) is 0 Å². The highest BCUT2D eigenvalue weighted by Crippen LogP contribution is 2.37. The summed E-state index contributed by atoms with van der Waals surface area (Å²) in [7, 11) is 0. The second kappa shape index (κ2) is 6.32. The normalized spacial score (nSPS) is 15.2. The topological polar surface area (TPSA) is 34.6 Å². The Morgan fingerprint density at radius 2 is 2.04 bits per heavy atom. The van der Waals surface area contributed by atoms with Crippen LogP contribution in [0.1, 0.15) is 23.2 Å².